The summed E-state index contributed by atoms with van der Waals surface area (Å²) in [5.41, 5.74) is -1.09. The average molecular weight is 439 g/mol. The molecule has 1 fully saturated rings. The zero-order chi connectivity index (χ0) is 22.2. The lowest BCUT2D eigenvalue weighted by atomic mass is 10.0. The summed E-state index contributed by atoms with van der Waals surface area (Å²) in [6.45, 7) is 0.897. The first-order chi connectivity index (χ1) is 14.8. The van der Waals surface area contributed by atoms with Crippen molar-refractivity contribution in [1.82, 2.24) is 19.9 Å². The Morgan fingerprint density at radius 2 is 2.13 bits per heavy atom. The molecule has 0 spiro atoms. The maximum absolute atomic E-state index is 14.2. The normalized spacial score (nSPS) is 19.4. The quantitative estimate of drug-likeness (QED) is 0.415. The second-order valence-electron chi connectivity index (χ2n) is 6.98. The Bertz CT molecular complexity index is 1120. The molecule has 3 heterocycles. The van der Waals surface area contributed by atoms with E-state index in [1.165, 1.54) is 4.40 Å². The molecule has 3 aromatic rings. The van der Waals surface area contributed by atoms with Crippen LogP contribution in [0.5, 0.6) is 11.5 Å². The fourth-order valence-corrected chi connectivity index (χ4v) is 3.51. The summed E-state index contributed by atoms with van der Waals surface area (Å²) in [5, 5.41) is 24.4. The molecule has 8 nitrogen and oxygen atoms in total. The third-order valence-corrected chi connectivity index (χ3v) is 5.00. The van der Waals surface area contributed by atoms with E-state index >= 15 is 0 Å². The van der Waals surface area contributed by atoms with E-state index in [1.54, 1.807) is 18.3 Å². The van der Waals surface area contributed by atoms with Gasteiger partial charge in [-0.1, -0.05) is 0 Å². The lowest BCUT2D eigenvalue weighted by Gasteiger charge is -2.28. The summed E-state index contributed by atoms with van der Waals surface area (Å²) in [7, 11) is 0. The van der Waals surface area contributed by atoms with Crippen LogP contribution in [-0.2, 0) is 11.0 Å². The first-order valence-corrected chi connectivity index (χ1v) is 9.29. The number of hydrogen-bond donors (Lipinski definition) is 3. The Hall–Kier alpha value is -3.41. The van der Waals surface area contributed by atoms with Crippen LogP contribution in [0.4, 0.5) is 23.5 Å². The van der Waals surface area contributed by atoms with E-state index in [4.69, 9.17) is 4.74 Å². The Labute approximate surface area is 172 Å². The lowest BCUT2D eigenvalue weighted by molar-refractivity contribution is -0.138. The van der Waals surface area contributed by atoms with Crippen molar-refractivity contribution in [3.63, 3.8) is 0 Å². The first-order valence-electron chi connectivity index (χ1n) is 9.29. The van der Waals surface area contributed by atoms with Crippen molar-refractivity contribution in [3.05, 3.63) is 36.0 Å². The van der Waals surface area contributed by atoms with Crippen LogP contribution in [0.2, 0.25) is 0 Å². The number of carbonyl (C=O) groups excluding carboxylic acids is 1. The van der Waals surface area contributed by atoms with Crippen LogP contribution in [0.15, 0.2) is 30.5 Å². The summed E-state index contributed by atoms with van der Waals surface area (Å²) < 4.78 is 59.7. The predicted octanol–water partition coefficient (Wildman–Crippen LogP) is 2.77. The number of phenolic OH excluding ortho intramolecular Hbond substituents is 1. The highest BCUT2D eigenvalue weighted by atomic mass is 19.4. The minimum atomic E-state index is -4.77. The standard InChI is InChI=1S/C19H17F4N5O3/c20-11-3-4-24-8-12(11)25-18-27-26-17(13-2-1-5-28(13)18)16-14(30)6-10(19(21,22)23)7-15(16)31-9-29/h1-2,5-7,9,11-12,24,30H,3-4,8H2,(H,25,27)/t11-,12+/m1/s1. The predicted molar refractivity (Wildman–Crippen MR) is 102 cm³/mol. The van der Waals surface area contributed by atoms with Crippen molar-refractivity contribution in [2.45, 2.75) is 24.8 Å². The molecule has 0 saturated carbocycles. The molecule has 2 atom stereocenters. The molecule has 1 aromatic carbocycles. The number of nitrogens with one attached hydrogen (secondary N) is 2. The van der Waals surface area contributed by atoms with Gasteiger partial charge in [-0.05, 0) is 37.2 Å². The van der Waals surface area contributed by atoms with Gasteiger partial charge in [0.15, 0.2) is 0 Å². The van der Waals surface area contributed by atoms with E-state index in [-0.39, 0.29) is 23.7 Å². The maximum atomic E-state index is 14.2. The molecule has 0 bridgehead atoms. The van der Waals surface area contributed by atoms with Crippen molar-refractivity contribution >= 4 is 17.9 Å². The van der Waals surface area contributed by atoms with Gasteiger partial charge in [0, 0.05) is 12.7 Å². The fourth-order valence-electron chi connectivity index (χ4n) is 3.51. The number of carbonyl (C=O) groups is 1. The number of aromatic nitrogens is 3. The second kappa shape index (κ2) is 8.02. The number of benzene rings is 1. The Kier molecular flexibility index (Phi) is 5.39. The minimum absolute atomic E-state index is 0.0165. The number of ether oxygens (including phenoxy) is 1. The molecular formula is C19H17F4N5O3. The summed E-state index contributed by atoms with van der Waals surface area (Å²) in [5.74, 6) is -1.10. The van der Waals surface area contributed by atoms with Gasteiger partial charge in [0.2, 0.25) is 5.95 Å². The van der Waals surface area contributed by atoms with E-state index in [2.05, 4.69) is 20.8 Å². The van der Waals surface area contributed by atoms with Gasteiger partial charge in [-0.2, -0.15) is 13.2 Å². The van der Waals surface area contributed by atoms with Crippen molar-refractivity contribution in [2.24, 2.45) is 0 Å². The smallest absolute Gasteiger partial charge is 0.416 e. The minimum Gasteiger partial charge on any atom is -0.507 e. The topological polar surface area (TPSA) is 101 Å². The molecule has 1 saturated heterocycles. The molecule has 1 aliphatic rings. The van der Waals surface area contributed by atoms with E-state index < -0.39 is 35.5 Å². The molecule has 31 heavy (non-hydrogen) atoms. The number of fused-ring (bicyclic) bond motifs is 1. The third-order valence-electron chi connectivity index (χ3n) is 5.00. The highest BCUT2D eigenvalue weighted by molar-refractivity contribution is 5.86. The van der Waals surface area contributed by atoms with Crippen LogP contribution >= 0.6 is 0 Å². The maximum Gasteiger partial charge on any atom is 0.416 e. The van der Waals surface area contributed by atoms with Crippen LogP contribution in [0.3, 0.4) is 0 Å². The highest BCUT2D eigenvalue weighted by Gasteiger charge is 2.34. The number of rotatable bonds is 5. The molecule has 0 radical (unpaired) electrons. The number of hydrogen-bond acceptors (Lipinski definition) is 7. The zero-order valence-electron chi connectivity index (χ0n) is 15.9. The molecule has 2 aromatic heterocycles. The number of alkyl halides is 4. The monoisotopic (exact) mass is 439 g/mol. The number of anilines is 1. The summed E-state index contributed by atoms with van der Waals surface area (Å²) in [6, 6.07) is 3.77. The van der Waals surface area contributed by atoms with Crippen LogP contribution in [0, 0.1) is 0 Å². The first kappa shape index (κ1) is 20.8. The van der Waals surface area contributed by atoms with Gasteiger partial charge in [-0.3, -0.25) is 9.20 Å². The van der Waals surface area contributed by atoms with Crippen LogP contribution in [-0.4, -0.2) is 51.5 Å². The number of nitrogens with zero attached hydrogens (tertiary/aromatic N) is 3. The molecule has 0 amide bonds. The molecule has 3 N–H and O–H groups in total. The Morgan fingerprint density at radius 1 is 1.32 bits per heavy atom. The largest absolute Gasteiger partial charge is 0.507 e. The number of halogens is 4. The van der Waals surface area contributed by atoms with E-state index in [0.29, 0.717) is 37.2 Å². The summed E-state index contributed by atoms with van der Waals surface area (Å²) in [6.07, 6.45) is -3.93. The van der Waals surface area contributed by atoms with E-state index in [9.17, 15) is 27.5 Å². The van der Waals surface area contributed by atoms with Gasteiger partial charge in [-0.25, -0.2) is 4.39 Å². The molecule has 164 valence electrons. The van der Waals surface area contributed by atoms with Crippen LogP contribution in [0.1, 0.15) is 12.0 Å². The highest BCUT2D eigenvalue weighted by Crippen LogP contribution is 2.43. The van der Waals surface area contributed by atoms with Gasteiger partial charge in [-0.15, -0.1) is 10.2 Å². The van der Waals surface area contributed by atoms with Crippen molar-refractivity contribution in [2.75, 3.05) is 18.4 Å². The van der Waals surface area contributed by atoms with Gasteiger partial charge in [0.05, 0.1) is 22.7 Å². The Morgan fingerprint density at radius 3 is 2.84 bits per heavy atom. The molecule has 0 aliphatic carbocycles. The molecule has 12 heteroatoms. The molecular weight excluding hydrogens is 422 g/mol. The van der Waals surface area contributed by atoms with Crippen molar-refractivity contribution in [3.8, 4) is 22.8 Å². The lowest BCUT2D eigenvalue weighted by Crippen LogP contribution is -2.46. The average Bonchev–Trinajstić information content (AvgIpc) is 3.20. The third kappa shape index (κ3) is 3.98. The fraction of sp³-hybridized carbons (Fsp3) is 0.316. The summed E-state index contributed by atoms with van der Waals surface area (Å²) in [4.78, 5) is 10.9. The van der Waals surface area contributed by atoms with Gasteiger partial charge in [0.1, 0.15) is 23.4 Å². The molecule has 0 unspecified atom stereocenters. The second-order valence-corrected chi connectivity index (χ2v) is 6.98. The summed E-state index contributed by atoms with van der Waals surface area (Å²) >= 11 is 0. The van der Waals surface area contributed by atoms with Crippen molar-refractivity contribution < 1.29 is 32.2 Å². The number of phenols is 1. The zero-order valence-corrected chi connectivity index (χ0v) is 15.9. The number of aromatic hydroxyl groups is 1. The molecule has 4 rings (SSSR count). The van der Waals surface area contributed by atoms with E-state index in [1.807, 2.05) is 0 Å². The van der Waals surface area contributed by atoms with E-state index in [0.717, 1.165) is 0 Å². The van der Waals surface area contributed by atoms with Gasteiger partial charge < -0.3 is 20.5 Å². The Balaban J connectivity index is 1.81. The number of piperidine rings is 1. The SMILES string of the molecule is O=COc1cc(C(F)(F)F)cc(O)c1-c1nnc(N[C@H]2CNCC[C@H]2F)n2cccc12. The van der Waals surface area contributed by atoms with Crippen molar-refractivity contribution in [1.29, 1.82) is 0 Å². The molecule has 1 aliphatic heterocycles. The van der Waals surface area contributed by atoms with Gasteiger partial charge >= 0.3 is 6.18 Å². The van der Waals surface area contributed by atoms with Gasteiger partial charge in [0.25, 0.3) is 6.47 Å². The van der Waals surface area contributed by atoms with Crippen LogP contribution < -0.4 is 15.4 Å². The van der Waals surface area contributed by atoms with Crippen LogP contribution in [0.25, 0.3) is 16.8 Å².